The van der Waals surface area contributed by atoms with Crippen LogP contribution in [0.1, 0.15) is 30.1 Å². The van der Waals surface area contributed by atoms with Crippen LogP contribution in [-0.4, -0.2) is 25.0 Å². The smallest absolute Gasteiger partial charge is 0.254 e. The van der Waals surface area contributed by atoms with Crippen LogP contribution >= 0.6 is 12.4 Å². The molecule has 21 heavy (non-hydrogen) atoms. The van der Waals surface area contributed by atoms with Crippen molar-refractivity contribution in [3.8, 4) is 0 Å². The number of benzene rings is 1. The Bertz CT molecular complexity index is 507. The number of hydrogen-bond acceptors (Lipinski definition) is 2. The molecule has 0 aromatic heterocycles. The van der Waals surface area contributed by atoms with Gasteiger partial charge in [0.1, 0.15) is 0 Å². The summed E-state index contributed by atoms with van der Waals surface area (Å²) in [6.45, 7) is 3.56. The molecule has 0 aliphatic carbocycles. The normalized spacial score (nSPS) is 19.5. The zero-order chi connectivity index (χ0) is 14.7. The molecule has 1 heterocycles. The highest BCUT2D eigenvalue weighted by molar-refractivity contribution is 5.94. The number of amides is 1. The van der Waals surface area contributed by atoms with Crippen LogP contribution in [0.5, 0.6) is 0 Å². The fourth-order valence-corrected chi connectivity index (χ4v) is 2.41. The Labute approximate surface area is 127 Å². The average molecular weight is 323 g/mol. The van der Waals surface area contributed by atoms with Crippen molar-refractivity contribution in [2.24, 2.45) is 5.92 Å². The number of carbonyl (C=O) groups excluding carboxylic acids is 1. The van der Waals surface area contributed by atoms with E-state index >= 15 is 0 Å². The third-order valence-corrected chi connectivity index (χ3v) is 3.68. The minimum Gasteiger partial charge on any atom is -0.349 e. The molecule has 0 radical (unpaired) electrons. The summed E-state index contributed by atoms with van der Waals surface area (Å²) in [7, 11) is 0. The quantitative estimate of drug-likeness (QED) is 0.840. The second-order valence-corrected chi connectivity index (χ2v) is 5.09. The predicted octanol–water partition coefficient (Wildman–Crippen LogP) is 2.64. The third kappa shape index (κ3) is 4.11. The number of nitrogens with one attached hydrogen (secondary N) is 2. The van der Waals surface area contributed by atoms with Crippen molar-refractivity contribution >= 4 is 18.3 Å². The maximum atomic E-state index is 13.5. The fourth-order valence-electron chi connectivity index (χ4n) is 2.41. The van der Waals surface area contributed by atoms with Crippen LogP contribution in [0, 0.1) is 23.4 Å². The van der Waals surface area contributed by atoms with Gasteiger partial charge in [0.2, 0.25) is 0 Å². The molecule has 118 valence electrons. The first-order chi connectivity index (χ1) is 9.50. The molecule has 1 aromatic carbocycles. The molecule has 1 fully saturated rings. The van der Waals surface area contributed by atoms with Crippen molar-refractivity contribution in [3.05, 3.63) is 35.1 Å². The summed E-state index contributed by atoms with van der Waals surface area (Å²) in [4.78, 5) is 11.9. The summed E-state index contributed by atoms with van der Waals surface area (Å²) in [5.41, 5.74) is -0.473. The van der Waals surface area contributed by atoms with Crippen molar-refractivity contribution < 1.29 is 18.0 Å². The molecule has 2 N–H and O–H groups in total. The van der Waals surface area contributed by atoms with E-state index < -0.39 is 28.9 Å². The lowest BCUT2D eigenvalue weighted by molar-refractivity contribution is 0.0916. The SMILES string of the molecule is CC(NC(=O)c1ccc(F)c(F)c1F)C1CCCNC1.Cl. The largest absolute Gasteiger partial charge is 0.349 e. The topological polar surface area (TPSA) is 41.1 Å². The third-order valence-electron chi connectivity index (χ3n) is 3.68. The first-order valence-corrected chi connectivity index (χ1v) is 6.65. The molecule has 1 saturated heterocycles. The van der Waals surface area contributed by atoms with Gasteiger partial charge in [0.25, 0.3) is 5.91 Å². The monoisotopic (exact) mass is 322 g/mol. The highest BCUT2D eigenvalue weighted by Gasteiger charge is 2.24. The minimum absolute atomic E-state index is 0. The van der Waals surface area contributed by atoms with Crippen LogP contribution in [0.3, 0.4) is 0 Å². The van der Waals surface area contributed by atoms with E-state index in [1.807, 2.05) is 6.92 Å². The summed E-state index contributed by atoms with van der Waals surface area (Å²) in [6.07, 6.45) is 1.99. The Morgan fingerprint density at radius 1 is 1.33 bits per heavy atom. The molecule has 1 aromatic rings. The molecule has 3 nitrogen and oxygen atoms in total. The van der Waals surface area contributed by atoms with E-state index in [1.54, 1.807) is 0 Å². The van der Waals surface area contributed by atoms with Crippen LogP contribution in [-0.2, 0) is 0 Å². The highest BCUT2D eigenvalue weighted by Crippen LogP contribution is 2.17. The Balaban J connectivity index is 0.00000220. The van der Waals surface area contributed by atoms with E-state index in [1.165, 1.54) is 0 Å². The molecule has 1 aliphatic rings. The molecule has 0 spiro atoms. The molecular formula is C14H18ClF3N2O. The molecule has 2 rings (SSSR count). The number of carbonyl (C=O) groups is 1. The summed E-state index contributed by atoms with van der Waals surface area (Å²) in [6, 6.07) is 1.54. The van der Waals surface area contributed by atoms with Gasteiger partial charge in [-0.25, -0.2) is 13.2 Å². The summed E-state index contributed by atoms with van der Waals surface area (Å²) < 4.78 is 39.4. The lowest BCUT2D eigenvalue weighted by atomic mass is 9.92. The van der Waals surface area contributed by atoms with Crippen molar-refractivity contribution in [1.29, 1.82) is 0 Å². The van der Waals surface area contributed by atoms with E-state index in [9.17, 15) is 18.0 Å². The number of halogens is 4. The van der Waals surface area contributed by atoms with E-state index in [4.69, 9.17) is 0 Å². The average Bonchev–Trinajstić information content (AvgIpc) is 2.45. The van der Waals surface area contributed by atoms with E-state index in [2.05, 4.69) is 10.6 Å². The van der Waals surface area contributed by atoms with Gasteiger partial charge in [0.15, 0.2) is 17.5 Å². The molecule has 7 heteroatoms. The second kappa shape index (κ2) is 7.66. The van der Waals surface area contributed by atoms with Crippen molar-refractivity contribution in [3.63, 3.8) is 0 Å². The van der Waals surface area contributed by atoms with Crippen LogP contribution in [0.25, 0.3) is 0 Å². The van der Waals surface area contributed by atoms with E-state index in [0.717, 1.165) is 38.1 Å². The maximum Gasteiger partial charge on any atom is 0.254 e. The van der Waals surface area contributed by atoms with Crippen LogP contribution in [0.2, 0.25) is 0 Å². The Kier molecular flexibility index (Phi) is 6.48. The molecule has 2 unspecified atom stereocenters. The van der Waals surface area contributed by atoms with Crippen LogP contribution < -0.4 is 10.6 Å². The van der Waals surface area contributed by atoms with Crippen LogP contribution in [0.15, 0.2) is 12.1 Å². The lowest BCUT2D eigenvalue weighted by Gasteiger charge is -2.29. The molecule has 2 atom stereocenters. The van der Waals surface area contributed by atoms with Crippen molar-refractivity contribution in [2.75, 3.05) is 13.1 Å². The zero-order valence-corrected chi connectivity index (χ0v) is 12.4. The summed E-state index contributed by atoms with van der Waals surface area (Å²) >= 11 is 0. The molecule has 0 saturated carbocycles. The number of rotatable bonds is 3. The molecule has 1 aliphatic heterocycles. The first-order valence-electron chi connectivity index (χ1n) is 6.65. The van der Waals surface area contributed by atoms with Gasteiger partial charge in [-0.2, -0.15) is 0 Å². The number of piperidine rings is 1. The zero-order valence-electron chi connectivity index (χ0n) is 11.6. The molecule has 0 bridgehead atoms. The van der Waals surface area contributed by atoms with E-state index in [0.29, 0.717) is 0 Å². The minimum atomic E-state index is -1.62. The van der Waals surface area contributed by atoms with Crippen molar-refractivity contribution in [1.82, 2.24) is 10.6 Å². The van der Waals surface area contributed by atoms with Gasteiger partial charge in [-0.3, -0.25) is 4.79 Å². The maximum absolute atomic E-state index is 13.5. The van der Waals surface area contributed by atoms with Gasteiger partial charge in [0, 0.05) is 6.04 Å². The summed E-state index contributed by atoms with van der Waals surface area (Å²) in [5.74, 6) is -4.84. The summed E-state index contributed by atoms with van der Waals surface area (Å²) in [5, 5.41) is 5.87. The lowest BCUT2D eigenvalue weighted by Crippen LogP contribution is -2.44. The van der Waals surface area contributed by atoms with Gasteiger partial charge >= 0.3 is 0 Å². The van der Waals surface area contributed by atoms with Crippen LogP contribution in [0.4, 0.5) is 13.2 Å². The molecular weight excluding hydrogens is 305 g/mol. The highest BCUT2D eigenvalue weighted by atomic mass is 35.5. The van der Waals surface area contributed by atoms with Gasteiger partial charge in [-0.05, 0) is 50.9 Å². The molecule has 1 amide bonds. The van der Waals surface area contributed by atoms with E-state index in [-0.39, 0.29) is 24.4 Å². The fraction of sp³-hybridized carbons (Fsp3) is 0.500. The Morgan fingerprint density at radius 2 is 2.05 bits per heavy atom. The van der Waals surface area contributed by atoms with Gasteiger partial charge in [-0.1, -0.05) is 0 Å². The second-order valence-electron chi connectivity index (χ2n) is 5.09. The first kappa shape index (κ1) is 17.8. The predicted molar refractivity (Wildman–Crippen MR) is 76.1 cm³/mol. The Morgan fingerprint density at radius 3 is 2.67 bits per heavy atom. The van der Waals surface area contributed by atoms with Gasteiger partial charge < -0.3 is 10.6 Å². The van der Waals surface area contributed by atoms with Crippen molar-refractivity contribution in [2.45, 2.75) is 25.8 Å². The van der Waals surface area contributed by atoms with Gasteiger partial charge in [0.05, 0.1) is 5.56 Å². The number of hydrogen-bond donors (Lipinski definition) is 2. The Hall–Kier alpha value is -1.27. The van der Waals surface area contributed by atoms with Gasteiger partial charge in [-0.15, -0.1) is 12.4 Å². The standard InChI is InChI=1S/C14H17F3N2O.ClH/c1-8(9-3-2-6-18-7-9)19-14(20)10-4-5-11(15)13(17)12(10)16;/h4-5,8-9,18H,2-3,6-7H2,1H3,(H,19,20);1H.